The third-order valence-electron chi connectivity index (χ3n) is 6.40. The Morgan fingerprint density at radius 2 is 1.70 bits per heavy atom. The van der Waals surface area contributed by atoms with Crippen LogP contribution in [0.2, 0.25) is 0 Å². The van der Waals surface area contributed by atoms with Gasteiger partial charge in [0.05, 0.1) is 0 Å². The van der Waals surface area contributed by atoms with Gasteiger partial charge in [0.1, 0.15) is 5.60 Å². The lowest BCUT2D eigenvalue weighted by Gasteiger charge is -2.28. The molecular formula is C28H36BrNO3. The zero-order valence-electron chi connectivity index (χ0n) is 20.2. The van der Waals surface area contributed by atoms with Crippen LogP contribution in [0.5, 0.6) is 0 Å². The van der Waals surface area contributed by atoms with Crippen LogP contribution in [0.1, 0.15) is 81.9 Å². The Labute approximate surface area is 206 Å². The molecule has 0 saturated heterocycles. The summed E-state index contributed by atoms with van der Waals surface area (Å²) in [5.74, 6) is 0.915. The van der Waals surface area contributed by atoms with Gasteiger partial charge in [0.2, 0.25) is 5.91 Å². The Balaban J connectivity index is 1.49. The van der Waals surface area contributed by atoms with Gasteiger partial charge in [0.15, 0.2) is 0 Å². The molecule has 0 heterocycles. The minimum absolute atomic E-state index is 0.0782. The summed E-state index contributed by atoms with van der Waals surface area (Å²) < 4.78 is 6.52. The smallest absolute Gasteiger partial charge is 0.306 e. The molecule has 0 radical (unpaired) electrons. The third kappa shape index (κ3) is 7.99. The van der Waals surface area contributed by atoms with Gasteiger partial charge in [-0.15, -0.1) is 0 Å². The van der Waals surface area contributed by atoms with E-state index in [1.807, 2.05) is 45.9 Å². The highest BCUT2D eigenvalue weighted by atomic mass is 79.9. The maximum atomic E-state index is 12.8. The van der Waals surface area contributed by atoms with Crippen molar-refractivity contribution in [3.05, 3.63) is 63.6 Å². The molecule has 178 valence electrons. The van der Waals surface area contributed by atoms with Crippen molar-refractivity contribution < 1.29 is 14.3 Å². The van der Waals surface area contributed by atoms with Crippen molar-refractivity contribution >= 4 is 33.5 Å². The predicted molar refractivity (Wildman–Crippen MR) is 137 cm³/mol. The van der Waals surface area contributed by atoms with Gasteiger partial charge in [0.25, 0.3) is 0 Å². The molecule has 0 unspecified atom stereocenters. The number of halogens is 1. The normalized spacial score (nSPS) is 18.6. The summed E-state index contributed by atoms with van der Waals surface area (Å²) in [6.45, 7) is 7.63. The van der Waals surface area contributed by atoms with Crippen molar-refractivity contribution in [2.24, 2.45) is 5.92 Å². The van der Waals surface area contributed by atoms with Crippen molar-refractivity contribution in [2.45, 2.75) is 84.2 Å². The molecular weight excluding hydrogens is 478 g/mol. The average Bonchev–Trinajstić information content (AvgIpc) is 2.74. The monoisotopic (exact) mass is 513 g/mol. The molecule has 0 aliphatic heterocycles. The van der Waals surface area contributed by atoms with Crippen molar-refractivity contribution in [2.75, 3.05) is 5.32 Å². The first-order valence-electron chi connectivity index (χ1n) is 12.0. The van der Waals surface area contributed by atoms with Crippen LogP contribution in [-0.2, 0) is 20.7 Å². The molecule has 1 saturated carbocycles. The van der Waals surface area contributed by atoms with E-state index in [1.165, 1.54) is 5.56 Å². The first kappa shape index (κ1) is 25.5. The lowest BCUT2D eigenvalue weighted by Crippen LogP contribution is -2.24. The summed E-state index contributed by atoms with van der Waals surface area (Å²) in [6, 6.07) is 14.5. The fourth-order valence-electron chi connectivity index (χ4n) is 4.62. The Hall–Kier alpha value is -2.14. The van der Waals surface area contributed by atoms with E-state index < -0.39 is 5.60 Å². The molecule has 1 fully saturated rings. The van der Waals surface area contributed by atoms with Gasteiger partial charge in [-0.3, -0.25) is 9.59 Å². The van der Waals surface area contributed by atoms with Gasteiger partial charge >= 0.3 is 5.97 Å². The number of hydrogen-bond donors (Lipinski definition) is 1. The molecule has 0 atom stereocenters. The van der Waals surface area contributed by atoms with Crippen molar-refractivity contribution in [3.63, 3.8) is 0 Å². The number of hydrogen-bond acceptors (Lipinski definition) is 3. The summed E-state index contributed by atoms with van der Waals surface area (Å²) in [6.07, 6.45) is 5.94. The highest BCUT2D eigenvalue weighted by molar-refractivity contribution is 9.10. The minimum Gasteiger partial charge on any atom is -0.460 e. The van der Waals surface area contributed by atoms with E-state index >= 15 is 0 Å². The number of rotatable bonds is 7. The van der Waals surface area contributed by atoms with Crippen molar-refractivity contribution in [1.82, 2.24) is 0 Å². The van der Waals surface area contributed by atoms with E-state index in [2.05, 4.69) is 45.5 Å². The minimum atomic E-state index is -0.473. The lowest BCUT2D eigenvalue weighted by atomic mass is 9.77. The summed E-state index contributed by atoms with van der Waals surface area (Å²) >= 11 is 3.50. The van der Waals surface area contributed by atoms with Gasteiger partial charge in [-0.1, -0.05) is 40.2 Å². The lowest BCUT2D eigenvalue weighted by molar-refractivity contribution is -0.154. The molecule has 3 rings (SSSR count). The van der Waals surface area contributed by atoms with Gasteiger partial charge < -0.3 is 10.1 Å². The maximum Gasteiger partial charge on any atom is 0.306 e. The Morgan fingerprint density at radius 3 is 2.33 bits per heavy atom. The number of benzene rings is 2. The number of ether oxygens (including phenoxy) is 1. The first-order chi connectivity index (χ1) is 15.6. The summed E-state index contributed by atoms with van der Waals surface area (Å²) in [5, 5.41) is 3.11. The first-order valence-corrected chi connectivity index (χ1v) is 12.8. The molecule has 0 bridgehead atoms. The SMILES string of the molecule is Cc1c(CCC(=O)OC(C)(C)C)cccc1NC(=O)CC1CCC(c2ccc(Br)cc2)CC1. The summed E-state index contributed by atoms with van der Waals surface area (Å²) in [7, 11) is 0. The Kier molecular flexibility index (Phi) is 8.75. The fraction of sp³-hybridized carbons (Fsp3) is 0.500. The van der Waals surface area contributed by atoms with Crippen LogP contribution < -0.4 is 5.32 Å². The fourth-order valence-corrected chi connectivity index (χ4v) is 4.88. The van der Waals surface area contributed by atoms with Crippen LogP contribution in [0.4, 0.5) is 5.69 Å². The molecule has 1 aliphatic rings. The van der Waals surface area contributed by atoms with Crippen LogP contribution in [-0.4, -0.2) is 17.5 Å². The van der Waals surface area contributed by atoms with Gasteiger partial charge in [-0.05, 0) is 107 Å². The number of carbonyl (C=O) groups is 2. The van der Waals surface area contributed by atoms with Crippen molar-refractivity contribution in [3.8, 4) is 0 Å². The maximum absolute atomic E-state index is 12.8. The van der Waals surface area contributed by atoms with Gasteiger partial charge in [0, 0.05) is 23.0 Å². The number of nitrogens with one attached hydrogen (secondary N) is 1. The highest BCUT2D eigenvalue weighted by Gasteiger charge is 2.24. The second-order valence-electron chi connectivity index (χ2n) is 10.2. The number of amides is 1. The molecule has 1 amide bonds. The van der Waals surface area contributed by atoms with Crippen LogP contribution in [0, 0.1) is 12.8 Å². The standard InChI is InChI=1S/C28H36BrNO3/c1-19-21(14-17-27(32)33-28(2,3)4)6-5-7-25(19)30-26(31)18-20-8-10-22(11-9-20)23-12-15-24(29)16-13-23/h5-7,12-13,15-16,20,22H,8-11,14,17-18H2,1-4H3,(H,30,31). The van der Waals surface area contributed by atoms with E-state index in [4.69, 9.17) is 4.74 Å². The molecule has 4 nitrogen and oxygen atoms in total. The number of aryl methyl sites for hydroxylation is 1. The van der Waals surface area contributed by atoms with E-state index in [-0.39, 0.29) is 11.9 Å². The van der Waals surface area contributed by atoms with Crippen molar-refractivity contribution in [1.29, 1.82) is 0 Å². The summed E-state index contributed by atoms with van der Waals surface area (Å²) in [5.41, 5.74) is 3.85. The van der Waals surface area contributed by atoms with E-state index in [0.29, 0.717) is 31.1 Å². The number of carbonyl (C=O) groups excluding carboxylic acids is 2. The largest absolute Gasteiger partial charge is 0.460 e. The molecule has 5 heteroatoms. The second kappa shape index (κ2) is 11.3. The van der Waals surface area contributed by atoms with E-state index in [0.717, 1.165) is 47.0 Å². The van der Waals surface area contributed by atoms with Crippen LogP contribution in [0.3, 0.4) is 0 Å². The van der Waals surface area contributed by atoms with Gasteiger partial charge in [-0.2, -0.15) is 0 Å². The molecule has 0 aromatic heterocycles. The third-order valence-corrected chi connectivity index (χ3v) is 6.93. The predicted octanol–water partition coefficient (Wildman–Crippen LogP) is 7.33. The van der Waals surface area contributed by atoms with E-state index in [1.54, 1.807) is 0 Å². The zero-order chi connectivity index (χ0) is 24.0. The molecule has 2 aromatic carbocycles. The van der Waals surface area contributed by atoms with Crippen LogP contribution >= 0.6 is 15.9 Å². The molecule has 0 spiro atoms. The topological polar surface area (TPSA) is 55.4 Å². The number of anilines is 1. The number of esters is 1. The molecule has 2 aromatic rings. The molecule has 1 aliphatic carbocycles. The summed E-state index contributed by atoms with van der Waals surface area (Å²) in [4.78, 5) is 24.8. The highest BCUT2D eigenvalue weighted by Crippen LogP contribution is 2.37. The molecule has 33 heavy (non-hydrogen) atoms. The van der Waals surface area contributed by atoms with Crippen LogP contribution in [0.25, 0.3) is 0 Å². The zero-order valence-corrected chi connectivity index (χ0v) is 21.8. The Morgan fingerprint density at radius 1 is 1.03 bits per heavy atom. The second-order valence-corrected chi connectivity index (χ2v) is 11.1. The van der Waals surface area contributed by atoms with Gasteiger partial charge in [-0.25, -0.2) is 0 Å². The Bertz CT molecular complexity index is 954. The average molecular weight is 515 g/mol. The van der Waals surface area contributed by atoms with E-state index in [9.17, 15) is 9.59 Å². The molecule has 1 N–H and O–H groups in total. The quantitative estimate of drug-likeness (QED) is 0.394. The van der Waals surface area contributed by atoms with Crippen LogP contribution in [0.15, 0.2) is 46.9 Å².